The van der Waals surface area contributed by atoms with E-state index in [9.17, 15) is 9.59 Å². The van der Waals surface area contributed by atoms with Crippen molar-refractivity contribution in [2.24, 2.45) is 5.92 Å². The number of carbonyl (C=O) groups excluding carboxylic acids is 2. The number of nitrogens with one attached hydrogen (secondary N) is 2. The smallest absolute Gasteiger partial charge is 0.319 e. The molecule has 3 amide bonds. The fourth-order valence-corrected chi connectivity index (χ4v) is 3.21. The Hall–Kier alpha value is -3.06. The zero-order valence-corrected chi connectivity index (χ0v) is 16.8. The maximum absolute atomic E-state index is 12.3. The van der Waals surface area contributed by atoms with Crippen molar-refractivity contribution in [3.05, 3.63) is 59.7 Å². The van der Waals surface area contributed by atoms with Crippen LogP contribution in [0.25, 0.3) is 0 Å². The average molecular weight is 397 g/mol. The Morgan fingerprint density at radius 1 is 1.00 bits per heavy atom. The number of amides is 3. The molecule has 0 spiro atoms. The second-order valence-corrected chi connectivity index (χ2v) is 7.15. The van der Waals surface area contributed by atoms with Gasteiger partial charge in [0.05, 0.1) is 20.1 Å². The van der Waals surface area contributed by atoms with Crippen LogP contribution in [0, 0.1) is 5.92 Å². The van der Waals surface area contributed by atoms with Crippen LogP contribution in [-0.2, 0) is 22.5 Å². The molecule has 0 aromatic heterocycles. The summed E-state index contributed by atoms with van der Waals surface area (Å²) in [6.07, 6.45) is 0.365. The first-order valence-electron chi connectivity index (χ1n) is 9.61. The summed E-state index contributed by atoms with van der Waals surface area (Å²) < 4.78 is 10.2. The third-order valence-corrected chi connectivity index (χ3v) is 4.89. The molecule has 3 rings (SSSR count). The van der Waals surface area contributed by atoms with E-state index >= 15 is 0 Å². The first kappa shape index (κ1) is 20.7. The van der Waals surface area contributed by atoms with Crippen molar-refractivity contribution in [3.63, 3.8) is 0 Å². The van der Waals surface area contributed by atoms with E-state index in [1.165, 1.54) is 0 Å². The summed E-state index contributed by atoms with van der Waals surface area (Å²) in [5.41, 5.74) is 2.58. The van der Waals surface area contributed by atoms with Gasteiger partial charge in [0.1, 0.15) is 5.75 Å². The lowest BCUT2D eigenvalue weighted by Gasteiger charge is -2.39. The summed E-state index contributed by atoms with van der Waals surface area (Å²) in [7, 11) is 3.30. The number of methoxy groups -OCH3 is 2. The quantitative estimate of drug-likeness (QED) is 0.718. The van der Waals surface area contributed by atoms with Crippen LogP contribution >= 0.6 is 0 Å². The maximum Gasteiger partial charge on any atom is 0.319 e. The van der Waals surface area contributed by atoms with E-state index in [4.69, 9.17) is 9.47 Å². The van der Waals surface area contributed by atoms with Gasteiger partial charge in [0.15, 0.2) is 0 Å². The molecular weight excluding hydrogens is 370 g/mol. The van der Waals surface area contributed by atoms with Crippen molar-refractivity contribution in [1.29, 1.82) is 0 Å². The van der Waals surface area contributed by atoms with Gasteiger partial charge in [-0.25, -0.2) is 4.79 Å². The van der Waals surface area contributed by atoms with Gasteiger partial charge in [0.25, 0.3) is 0 Å². The highest BCUT2D eigenvalue weighted by Crippen LogP contribution is 2.18. The van der Waals surface area contributed by atoms with Gasteiger partial charge >= 0.3 is 6.03 Å². The largest absolute Gasteiger partial charge is 0.497 e. The molecule has 2 aromatic rings. The van der Waals surface area contributed by atoms with Crippen LogP contribution in [0.15, 0.2) is 48.5 Å². The highest BCUT2D eigenvalue weighted by Gasteiger charge is 2.30. The number of hydrogen-bond donors (Lipinski definition) is 2. The highest BCUT2D eigenvalue weighted by molar-refractivity contribution is 5.89. The van der Waals surface area contributed by atoms with Crippen molar-refractivity contribution in [3.8, 4) is 5.75 Å². The molecule has 0 bridgehead atoms. The third kappa shape index (κ3) is 5.96. The first-order valence-corrected chi connectivity index (χ1v) is 9.61. The van der Waals surface area contributed by atoms with Gasteiger partial charge in [0, 0.05) is 38.3 Å². The van der Waals surface area contributed by atoms with Gasteiger partial charge < -0.3 is 25.0 Å². The van der Waals surface area contributed by atoms with E-state index in [0.717, 1.165) is 30.0 Å². The molecule has 29 heavy (non-hydrogen) atoms. The molecule has 0 unspecified atom stereocenters. The number of nitrogens with zero attached hydrogens (tertiary/aromatic N) is 1. The van der Waals surface area contributed by atoms with Gasteiger partial charge in [-0.3, -0.25) is 4.79 Å². The molecule has 1 aliphatic heterocycles. The molecule has 1 saturated heterocycles. The summed E-state index contributed by atoms with van der Waals surface area (Å²) in [6.45, 7) is 2.65. The predicted molar refractivity (Wildman–Crippen MR) is 111 cm³/mol. The lowest BCUT2D eigenvalue weighted by atomic mass is 10.00. The second-order valence-electron chi connectivity index (χ2n) is 7.15. The molecule has 2 N–H and O–H groups in total. The summed E-state index contributed by atoms with van der Waals surface area (Å²) in [6, 6.07) is 14.6. The SMILES string of the molecule is COCC1CN(C(=O)Cc2ccc(NC(=O)NCc3ccc(OC)cc3)cc2)C1. The molecule has 0 atom stereocenters. The Labute approximate surface area is 171 Å². The summed E-state index contributed by atoms with van der Waals surface area (Å²) in [4.78, 5) is 26.2. The Morgan fingerprint density at radius 2 is 1.66 bits per heavy atom. The van der Waals surface area contributed by atoms with Crippen molar-refractivity contribution in [1.82, 2.24) is 10.2 Å². The van der Waals surface area contributed by atoms with Crippen LogP contribution < -0.4 is 15.4 Å². The monoisotopic (exact) mass is 397 g/mol. The van der Waals surface area contributed by atoms with E-state index in [2.05, 4.69) is 10.6 Å². The fourth-order valence-electron chi connectivity index (χ4n) is 3.21. The number of benzene rings is 2. The topological polar surface area (TPSA) is 79.9 Å². The molecule has 0 saturated carbocycles. The number of rotatable bonds is 8. The number of hydrogen-bond acceptors (Lipinski definition) is 4. The lowest BCUT2D eigenvalue weighted by Crippen LogP contribution is -2.52. The molecule has 1 fully saturated rings. The van der Waals surface area contributed by atoms with Gasteiger partial charge in [-0.05, 0) is 35.4 Å². The molecule has 7 heteroatoms. The number of anilines is 1. The number of ether oxygens (including phenoxy) is 2. The van der Waals surface area contributed by atoms with Gasteiger partial charge in [-0.1, -0.05) is 24.3 Å². The van der Waals surface area contributed by atoms with E-state index in [1.54, 1.807) is 26.4 Å². The van der Waals surface area contributed by atoms with E-state index in [1.807, 2.05) is 41.3 Å². The van der Waals surface area contributed by atoms with Crippen molar-refractivity contribution >= 4 is 17.6 Å². The van der Waals surface area contributed by atoms with Gasteiger partial charge in [0.2, 0.25) is 5.91 Å². The lowest BCUT2D eigenvalue weighted by molar-refractivity contribution is -0.138. The van der Waals surface area contributed by atoms with Crippen LogP contribution in [-0.4, -0.2) is 50.8 Å². The van der Waals surface area contributed by atoms with E-state index in [-0.39, 0.29) is 11.9 Å². The fraction of sp³-hybridized carbons (Fsp3) is 0.364. The Kier molecular flexibility index (Phi) is 7.08. The second kappa shape index (κ2) is 9.93. The first-order chi connectivity index (χ1) is 14.1. The maximum atomic E-state index is 12.3. The summed E-state index contributed by atoms with van der Waals surface area (Å²) in [5, 5.41) is 5.61. The van der Waals surface area contributed by atoms with Gasteiger partial charge in [-0.2, -0.15) is 0 Å². The number of urea groups is 1. The Morgan fingerprint density at radius 3 is 2.28 bits per heavy atom. The Balaban J connectivity index is 1.41. The zero-order chi connectivity index (χ0) is 20.6. The van der Waals surface area contributed by atoms with Gasteiger partial charge in [-0.15, -0.1) is 0 Å². The summed E-state index contributed by atoms with van der Waals surface area (Å²) >= 11 is 0. The van der Waals surface area contributed by atoms with Crippen LogP contribution in [0.3, 0.4) is 0 Å². The molecule has 7 nitrogen and oxygen atoms in total. The van der Waals surface area contributed by atoms with Crippen LogP contribution in [0.1, 0.15) is 11.1 Å². The van der Waals surface area contributed by atoms with Crippen LogP contribution in [0.4, 0.5) is 10.5 Å². The van der Waals surface area contributed by atoms with Crippen molar-refractivity contribution in [2.45, 2.75) is 13.0 Å². The molecular formula is C22H27N3O4. The van der Waals surface area contributed by atoms with Crippen molar-refractivity contribution in [2.75, 3.05) is 39.2 Å². The predicted octanol–water partition coefficient (Wildman–Crippen LogP) is 2.66. The van der Waals surface area contributed by atoms with E-state index in [0.29, 0.717) is 31.2 Å². The normalized spacial score (nSPS) is 13.5. The number of likely N-dealkylation sites (tertiary alicyclic amines) is 1. The highest BCUT2D eigenvalue weighted by atomic mass is 16.5. The molecule has 154 valence electrons. The van der Waals surface area contributed by atoms with Crippen molar-refractivity contribution < 1.29 is 19.1 Å². The average Bonchev–Trinajstić information content (AvgIpc) is 2.70. The minimum absolute atomic E-state index is 0.121. The van der Waals surface area contributed by atoms with Crippen LogP contribution in [0.5, 0.6) is 5.75 Å². The van der Waals surface area contributed by atoms with Crippen LogP contribution in [0.2, 0.25) is 0 Å². The van der Waals surface area contributed by atoms with E-state index < -0.39 is 0 Å². The summed E-state index contributed by atoms with van der Waals surface area (Å²) in [5.74, 6) is 1.35. The third-order valence-electron chi connectivity index (χ3n) is 4.89. The molecule has 1 heterocycles. The molecule has 0 radical (unpaired) electrons. The minimum atomic E-state index is -0.283. The zero-order valence-electron chi connectivity index (χ0n) is 16.8. The molecule has 2 aromatic carbocycles. The standard InChI is InChI=1S/C22H27N3O4/c1-28-15-18-13-25(14-18)21(26)11-16-3-7-19(8-4-16)24-22(27)23-12-17-5-9-20(29-2)10-6-17/h3-10,18H,11-15H2,1-2H3,(H2,23,24,27). The number of carbonyl (C=O) groups is 2. The Bertz CT molecular complexity index is 815. The molecule has 1 aliphatic rings. The molecule has 0 aliphatic carbocycles. The minimum Gasteiger partial charge on any atom is -0.497 e.